The molecule has 0 amide bonds. The summed E-state index contributed by atoms with van der Waals surface area (Å²) in [5.74, 6) is -0.899. The van der Waals surface area contributed by atoms with Crippen LogP contribution in [0.1, 0.15) is 50.5 Å². The van der Waals surface area contributed by atoms with E-state index in [0.29, 0.717) is 24.3 Å². The highest BCUT2D eigenvalue weighted by molar-refractivity contribution is 5.78. The molecule has 27 heavy (non-hydrogen) atoms. The van der Waals surface area contributed by atoms with E-state index in [0.717, 1.165) is 29.3 Å². The van der Waals surface area contributed by atoms with Crippen LogP contribution in [0.5, 0.6) is 0 Å². The average molecular weight is 375 g/mol. The van der Waals surface area contributed by atoms with Crippen molar-refractivity contribution in [3.05, 3.63) is 35.9 Å². The molecule has 0 aliphatic carbocycles. The number of benzene rings is 1. The molecule has 0 radical (unpaired) electrons. The topological polar surface area (TPSA) is 59.1 Å². The van der Waals surface area contributed by atoms with Crippen molar-refractivity contribution in [1.82, 2.24) is 0 Å². The Morgan fingerprint density at radius 1 is 1.30 bits per heavy atom. The van der Waals surface area contributed by atoms with Crippen LogP contribution in [0.15, 0.2) is 30.3 Å². The van der Waals surface area contributed by atoms with Crippen LogP contribution < -0.4 is 0 Å². The summed E-state index contributed by atoms with van der Waals surface area (Å²) in [5, 5.41) is 9.75. The van der Waals surface area contributed by atoms with Crippen LogP contribution in [-0.4, -0.2) is 66.2 Å². The number of hydrogen-bond donors (Lipinski definition) is 1. The summed E-state index contributed by atoms with van der Waals surface area (Å²) in [5.41, 5.74) is 0.815. The monoisotopic (exact) mass is 374 g/mol. The van der Waals surface area contributed by atoms with E-state index in [-0.39, 0.29) is 18.7 Å². The van der Waals surface area contributed by atoms with Gasteiger partial charge in [0.2, 0.25) is 0 Å². The maximum Gasteiger partial charge on any atom is 0.316 e. The van der Waals surface area contributed by atoms with Gasteiger partial charge < -0.3 is 19.1 Å². The zero-order valence-electron chi connectivity index (χ0n) is 16.4. The normalized spacial score (nSPS) is 38.0. The first-order chi connectivity index (χ1) is 13.1. The lowest BCUT2D eigenvalue weighted by Crippen LogP contribution is -2.68. The van der Waals surface area contributed by atoms with Crippen LogP contribution in [0, 0.1) is 0 Å². The molecular formula is C22H32NO4+. The third-order valence-electron chi connectivity index (χ3n) is 7.08. The van der Waals surface area contributed by atoms with Crippen molar-refractivity contribution < 1.29 is 23.9 Å². The highest BCUT2D eigenvalue weighted by atomic mass is 16.6. The van der Waals surface area contributed by atoms with E-state index in [1.807, 2.05) is 30.3 Å². The molecule has 4 rings (SSSR count). The number of rotatable bonds is 7. The standard InChI is InChI=1S/C22H32NO4/c1-3-4-10-23(2)16-11-17(13-19(23)21-20(12-16)27-21)26-22(25)18(14-24)15-8-6-5-7-9-15/h5-9,16-21,24H,3-4,10-14H2,1-2H3/q+1/t16?,17-,18?,19?,20?,21+,23-/m0/s1. The molecule has 0 spiro atoms. The first-order valence-electron chi connectivity index (χ1n) is 10.4. The molecule has 4 unspecified atom stereocenters. The fraction of sp³-hybridized carbons (Fsp3) is 0.682. The zero-order valence-corrected chi connectivity index (χ0v) is 16.4. The van der Waals surface area contributed by atoms with Crippen molar-refractivity contribution in [2.75, 3.05) is 20.2 Å². The van der Waals surface area contributed by atoms with Gasteiger partial charge in [0.25, 0.3) is 0 Å². The number of hydrogen-bond acceptors (Lipinski definition) is 4. The molecule has 2 bridgehead atoms. The maximum absolute atomic E-state index is 12.8. The Morgan fingerprint density at radius 2 is 2.07 bits per heavy atom. The highest BCUT2D eigenvalue weighted by Crippen LogP contribution is 2.49. The zero-order chi connectivity index (χ0) is 19.0. The predicted molar refractivity (Wildman–Crippen MR) is 102 cm³/mol. The Labute approximate surface area is 161 Å². The van der Waals surface area contributed by atoms with Crippen molar-refractivity contribution in [1.29, 1.82) is 0 Å². The number of piperidine rings is 2. The summed E-state index contributed by atoms with van der Waals surface area (Å²) in [6, 6.07) is 10.4. The van der Waals surface area contributed by atoms with Gasteiger partial charge >= 0.3 is 5.97 Å². The average Bonchev–Trinajstić information content (AvgIpc) is 3.41. The molecule has 3 saturated heterocycles. The number of ether oxygens (including phenoxy) is 2. The number of carbonyl (C=O) groups excluding carboxylic acids is 1. The predicted octanol–water partition coefficient (Wildman–Crippen LogP) is 2.62. The maximum atomic E-state index is 12.8. The summed E-state index contributed by atoms with van der Waals surface area (Å²) in [7, 11) is 2.38. The number of nitrogens with zero attached hydrogens (tertiary/aromatic N) is 1. The Bertz CT molecular complexity index is 666. The number of likely N-dealkylation sites (N-methyl/N-ethyl adjacent to an activating group) is 1. The summed E-state index contributed by atoms with van der Waals surface area (Å²) >= 11 is 0. The molecular weight excluding hydrogens is 342 g/mol. The van der Waals surface area contributed by atoms with Gasteiger partial charge in [-0.3, -0.25) is 4.79 Å². The number of epoxide rings is 1. The molecule has 0 saturated carbocycles. The lowest BCUT2D eigenvalue weighted by atomic mass is 9.80. The van der Waals surface area contributed by atoms with E-state index in [2.05, 4.69) is 14.0 Å². The lowest BCUT2D eigenvalue weighted by molar-refractivity contribution is -0.966. The van der Waals surface area contributed by atoms with Crippen LogP contribution >= 0.6 is 0 Å². The third-order valence-corrected chi connectivity index (χ3v) is 7.08. The summed E-state index contributed by atoms with van der Waals surface area (Å²) in [6.07, 6.45) is 5.99. The number of aliphatic hydroxyl groups is 1. The van der Waals surface area contributed by atoms with Crippen molar-refractivity contribution >= 4 is 5.97 Å². The fourth-order valence-corrected chi connectivity index (χ4v) is 5.37. The molecule has 3 heterocycles. The van der Waals surface area contributed by atoms with Crippen molar-refractivity contribution in [3.63, 3.8) is 0 Å². The van der Waals surface area contributed by atoms with Gasteiger partial charge in [-0.05, 0) is 12.0 Å². The fourth-order valence-electron chi connectivity index (χ4n) is 5.37. The van der Waals surface area contributed by atoms with Crippen LogP contribution in [0.25, 0.3) is 0 Å². The smallest absolute Gasteiger partial charge is 0.316 e. The third kappa shape index (κ3) is 3.53. The number of carbonyl (C=O) groups is 1. The van der Waals surface area contributed by atoms with Crippen molar-refractivity contribution in [2.24, 2.45) is 0 Å². The van der Waals surface area contributed by atoms with Crippen molar-refractivity contribution in [3.8, 4) is 0 Å². The van der Waals surface area contributed by atoms with E-state index < -0.39 is 5.92 Å². The van der Waals surface area contributed by atoms with E-state index in [4.69, 9.17) is 9.47 Å². The molecule has 7 atom stereocenters. The van der Waals surface area contributed by atoms with Crippen LogP contribution in [0.4, 0.5) is 0 Å². The number of esters is 1. The molecule has 5 heteroatoms. The van der Waals surface area contributed by atoms with Gasteiger partial charge in [0, 0.05) is 19.3 Å². The van der Waals surface area contributed by atoms with E-state index in [1.165, 1.54) is 19.4 Å². The molecule has 3 aliphatic rings. The second-order valence-electron chi connectivity index (χ2n) is 8.70. The molecule has 148 valence electrons. The second-order valence-corrected chi connectivity index (χ2v) is 8.70. The van der Waals surface area contributed by atoms with Crippen LogP contribution in [0.2, 0.25) is 0 Å². The summed E-state index contributed by atoms with van der Waals surface area (Å²) in [4.78, 5) is 12.8. The van der Waals surface area contributed by atoms with Crippen LogP contribution in [-0.2, 0) is 14.3 Å². The van der Waals surface area contributed by atoms with Gasteiger partial charge in [-0.1, -0.05) is 43.7 Å². The molecule has 1 aromatic carbocycles. The molecule has 3 fully saturated rings. The Kier molecular flexibility index (Phi) is 5.28. The SMILES string of the molecule is CCCC[N@@+]1(C)C2CC3O[C@@H]3C1C[C@@H](OC(=O)C(CO)c1ccccc1)C2. The second kappa shape index (κ2) is 7.53. The minimum atomic E-state index is -0.598. The molecule has 3 aliphatic heterocycles. The summed E-state index contributed by atoms with van der Waals surface area (Å²) < 4.78 is 13.0. The lowest BCUT2D eigenvalue weighted by Gasteiger charge is -2.53. The number of unbranched alkanes of at least 4 members (excludes halogenated alkanes) is 1. The summed E-state index contributed by atoms with van der Waals surface area (Å²) in [6.45, 7) is 3.20. The van der Waals surface area contributed by atoms with Gasteiger partial charge in [0.15, 0.2) is 0 Å². The van der Waals surface area contributed by atoms with Gasteiger partial charge in [0.05, 0.1) is 32.3 Å². The first-order valence-corrected chi connectivity index (χ1v) is 10.4. The van der Waals surface area contributed by atoms with Gasteiger partial charge in [0.1, 0.15) is 24.2 Å². The van der Waals surface area contributed by atoms with Gasteiger partial charge in [-0.2, -0.15) is 0 Å². The van der Waals surface area contributed by atoms with Gasteiger partial charge in [-0.25, -0.2) is 0 Å². The number of aliphatic hydroxyl groups excluding tert-OH is 1. The quantitative estimate of drug-likeness (QED) is 0.453. The van der Waals surface area contributed by atoms with Crippen molar-refractivity contribution in [2.45, 2.75) is 75.3 Å². The van der Waals surface area contributed by atoms with Gasteiger partial charge in [-0.15, -0.1) is 0 Å². The molecule has 1 N–H and O–H groups in total. The minimum absolute atomic E-state index is 0.0664. The van der Waals surface area contributed by atoms with Crippen LogP contribution in [0.3, 0.4) is 0 Å². The molecule has 5 nitrogen and oxygen atoms in total. The van der Waals surface area contributed by atoms with E-state index in [1.54, 1.807) is 0 Å². The number of quaternary nitrogens is 1. The Morgan fingerprint density at radius 3 is 2.78 bits per heavy atom. The molecule has 0 aromatic heterocycles. The largest absolute Gasteiger partial charge is 0.461 e. The highest BCUT2D eigenvalue weighted by Gasteiger charge is 2.64. The Balaban J connectivity index is 1.45. The first kappa shape index (κ1) is 18.9. The van der Waals surface area contributed by atoms with E-state index >= 15 is 0 Å². The van der Waals surface area contributed by atoms with E-state index in [9.17, 15) is 9.90 Å². The molecule has 1 aromatic rings. The number of fused-ring (bicyclic) bond motifs is 4. The Hall–Kier alpha value is -1.43. The minimum Gasteiger partial charge on any atom is -0.461 e.